The quantitative estimate of drug-likeness (QED) is 0.687. The number of thiocarbonyl (C=S) groups is 1. The van der Waals surface area contributed by atoms with Crippen LogP contribution in [0.3, 0.4) is 0 Å². The van der Waals surface area contributed by atoms with Gasteiger partial charge in [-0.2, -0.15) is 0 Å². The molecule has 2 amide bonds. The monoisotopic (exact) mass is 310 g/mol. The number of benzene rings is 1. The molecule has 20 heavy (non-hydrogen) atoms. The van der Waals surface area contributed by atoms with Gasteiger partial charge in [-0.15, -0.1) is 0 Å². The summed E-state index contributed by atoms with van der Waals surface area (Å²) in [6, 6.07) is 5.12. The van der Waals surface area contributed by atoms with E-state index in [2.05, 4.69) is 0 Å². The van der Waals surface area contributed by atoms with Crippen LogP contribution < -0.4 is 5.73 Å². The van der Waals surface area contributed by atoms with Crippen molar-refractivity contribution >= 4 is 40.6 Å². The van der Waals surface area contributed by atoms with Gasteiger partial charge in [-0.1, -0.05) is 49.8 Å². The van der Waals surface area contributed by atoms with E-state index in [1.165, 1.54) is 4.90 Å². The van der Waals surface area contributed by atoms with E-state index < -0.39 is 5.41 Å². The molecular weight excluding hydrogens is 296 g/mol. The average molecular weight is 311 g/mol. The zero-order chi connectivity index (χ0) is 15.1. The molecule has 0 radical (unpaired) electrons. The molecule has 1 aromatic rings. The first-order valence-electron chi connectivity index (χ1n) is 6.15. The van der Waals surface area contributed by atoms with E-state index in [-0.39, 0.29) is 29.8 Å². The molecule has 1 fully saturated rings. The van der Waals surface area contributed by atoms with E-state index in [4.69, 9.17) is 29.6 Å². The molecule has 106 valence electrons. The molecule has 6 heteroatoms. The van der Waals surface area contributed by atoms with Gasteiger partial charge in [0.2, 0.25) is 11.8 Å². The number of halogens is 1. The molecular formula is C14H15ClN2O2S. The summed E-state index contributed by atoms with van der Waals surface area (Å²) in [6.45, 7) is 3.72. The molecule has 0 saturated carbocycles. The molecule has 0 bridgehead atoms. The van der Waals surface area contributed by atoms with Crippen molar-refractivity contribution in [2.75, 3.05) is 0 Å². The normalized spacial score (nSPS) is 17.6. The predicted molar refractivity (Wildman–Crippen MR) is 81.3 cm³/mol. The smallest absolute Gasteiger partial charge is 0.235 e. The van der Waals surface area contributed by atoms with Crippen LogP contribution in [0.1, 0.15) is 31.4 Å². The minimum Gasteiger partial charge on any atom is -0.389 e. The zero-order valence-electron chi connectivity index (χ0n) is 11.3. The van der Waals surface area contributed by atoms with Gasteiger partial charge in [-0.25, -0.2) is 0 Å². The van der Waals surface area contributed by atoms with Crippen LogP contribution in [0.25, 0.3) is 0 Å². The Morgan fingerprint density at radius 2 is 2.10 bits per heavy atom. The third-order valence-electron chi connectivity index (χ3n) is 3.38. The maximum atomic E-state index is 12.1. The van der Waals surface area contributed by atoms with Crippen LogP contribution in [-0.2, 0) is 16.1 Å². The maximum Gasteiger partial charge on any atom is 0.235 e. The predicted octanol–water partition coefficient (Wildman–Crippen LogP) is 2.26. The van der Waals surface area contributed by atoms with Gasteiger partial charge in [0.1, 0.15) is 4.99 Å². The standard InChI is InChI=1S/C14H15ClN2O2S/c1-14(2)6-11(18)17(13(14)19)7-9-4-3-8(12(16)20)5-10(9)15/h3-5H,6-7H2,1-2H3,(H2,16,20). The number of carbonyl (C=O) groups excluding carboxylic acids is 2. The first-order chi connectivity index (χ1) is 9.22. The fourth-order valence-electron chi connectivity index (χ4n) is 2.19. The van der Waals surface area contributed by atoms with Crippen LogP contribution in [0.5, 0.6) is 0 Å². The number of likely N-dealkylation sites (tertiary alicyclic amines) is 1. The number of nitrogens with two attached hydrogens (primary N) is 1. The SMILES string of the molecule is CC1(C)CC(=O)N(Cc2ccc(C(N)=S)cc2Cl)C1=O. The number of hydrogen-bond donors (Lipinski definition) is 1. The molecule has 1 aliphatic rings. The molecule has 0 atom stereocenters. The van der Waals surface area contributed by atoms with Crippen LogP contribution >= 0.6 is 23.8 Å². The summed E-state index contributed by atoms with van der Waals surface area (Å²) < 4.78 is 0. The molecule has 0 unspecified atom stereocenters. The van der Waals surface area contributed by atoms with Crippen molar-refractivity contribution in [3.05, 3.63) is 34.3 Å². The lowest BCUT2D eigenvalue weighted by molar-refractivity contribution is -0.141. The Bertz CT molecular complexity index is 613. The summed E-state index contributed by atoms with van der Waals surface area (Å²) in [5.74, 6) is -0.341. The largest absolute Gasteiger partial charge is 0.389 e. The molecule has 2 N–H and O–H groups in total. The zero-order valence-corrected chi connectivity index (χ0v) is 12.8. The summed E-state index contributed by atoms with van der Waals surface area (Å²) in [5.41, 5.74) is 6.25. The van der Waals surface area contributed by atoms with E-state index in [1.54, 1.807) is 32.0 Å². The van der Waals surface area contributed by atoms with Crippen molar-refractivity contribution in [1.29, 1.82) is 0 Å². The molecule has 2 rings (SSSR count). The number of rotatable bonds is 3. The number of hydrogen-bond acceptors (Lipinski definition) is 3. The molecule has 4 nitrogen and oxygen atoms in total. The maximum absolute atomic E-state index is 12.1. The highest BCUT2D eigenvalue weighted by Crippen LogP contribution is 2.33. The van der Waals surface area contributed by atoms with Crippen LogP contribution in [0, 0.1) is 5.41 Å². The summed E-state index contributed by atoms with van der Waals surface area (Å²) in [4.78, 5) is 25.6. The second kappa shape index (κ2) is 5.14. The van der Waals surface area contributed by atoms with Crippen LogP contribution in [0.4, 0.5) is 0 Å². The summed E-state index contributed by atoms with van der Waals surface area (Å²) in [7, 11) is 0. The minimum absolute atomic E-state index is 0.169. The third-order valence-corrected chi connectivity index (χ3v) is 3.97. The second-order valence-electron chi connectivity index (χ2n) is 5.52. The van der Waals surface area contributed by atoms with Gasteiger partial charge in [-0.05, 0) is 11.6 Å². The Kier molecular flexibility index (Phi) is 3.84. The van der Waals surface area contributed by atoms with E-state index >= 15 is 0 Å². The van der Waals surface area contributed by atoms with Gasteiger partial charge in [0.25, 0.3) is 0 Å². The molecule has 1 aromatic carbocycles. The van der Waals surface area contributed by atoms with Gasteiger partial charge >= 0.3 is 0 Å². The van der Waals surface area contributed by atoms with E-state index in [1.807, 2.05) is 0 Å². The second-order valence-corrected chi connectivity index (χ2v) is 6.36. The number of imide groups is 1. The van der Waals surface area contributed by atoms with Crippen molar-refractivity contribution in [3.63, 3.8) is 0 Å². The molecule has 1 aliphatic heterocycles. The highest BCUT2D eigenvalue weighted by Gasteiger charge is 2.44. The number of carbonyl (C=O) groups is 2. The highest BCUT2D eigenvalue weighted by atomic mass is 35.5. The van der Waals surface area contributed by atoms with Crippen LogP contribution in [0.2, 0.25) is 5.02 Å². The molecule has 0 aliphatic carbocycles. The topological polar surface area (TPSA) is 63.4 Å². The molecule has 0 aromatic heterocycles. The van der Waals surface area contributed by atoms with Crippen molar-refractivity contribution in [3.8, 4) is 0 Å². The molecule has 0 spiro atoms. The fourth-order valence-corrected chi connectivity index (χ4v) is 2.55. The van der Waals surface area contributed by atoms with Gasteiger partial charge in [0.15, 0.2) is 0 Å². The summed E-state index contributed by atoms with van der Waals surface area (Å²) in [6.07, 6.45) is 0.231. The Labute approximate surface area is 127 Å². The summed E-state index contributed by atoms with van der Waals surface area (Å²) >= 11 is 11.0. The van der Waals surface area contributed by atoms with Crippen LogP contribution in [0.15, 0.2) is 18.2 Å². The van der Waals surface area contributed by atoms with Gasteiger partial charge in [-0.3, -0.25) is 14.5 Å². The Morgan fingerprint density at radius 3 is 2.55 bits per heavy atom. The lowest BCUT2D eigenvalue weighted by Crippen LogP contribution is -2.32. The third kappa shape index (κ3) is 2.69. The van der Waals surface area contributed by atoms with Gasteiger partial charge in [0, 0.05) is 17.0 Å². The lowest BCUT2D eigenvalue weighted by Gasteiger charge is -2.18. The Hall–Kier alpha value is -1.46. The van der Waals surface area contributed by atoms with Crippen molar-refractivity contribution in [1.82, 2.24) is 4.90 Å². The minimum atomic E-state index is -0.637. The number of nitrogens with zero attached hydrogens (tertiary/aromatic N) is 1. The fraction of sp³-hybridized carbons (Fsp3) is 0.357. The number of amides is 2. The average Bonchev–Trinajstić information content (AvgIpc) is 2.53. The van der Waals surface area contributed by atoms with E-state index in [0.717, 1.165) is 0 Å². The lowest BCUT2D eigenvalue weighted by atomic mass is 9.92. The Morgan fingerprint density at radius 1 is 1.45 bits per heavy atom. The highest BCUT2D eigenvalue weighted by molar-refractivity contribution is 7.80. The van der Waals surface area contributed by atoms with Crippen molar-refractivity contribution in [2.45, 2.75) is 26.8 Å². The summed E-state index contributed by atoms with van der Waals surface area (Å²) in [5, 5.41) is 0.445. The first-order valence-corrected chi connectivity index (χ1v) is 6.94. The van der Waals surface area contributed by atoms with Gasteiger partial charge < -0.3 is 5.73 Å². The van der Waals surface area contributed by atoms with Crippen LogP contribution in [-0.4, -0.2) is 21.7 Å². The molecule has 1 saturated heterocycles. The van der Waals surface area contributed by atoms with E-state index in [0.29, 0.717) is 16.1 Å². The van der Waals surface area contributed by atoms with Crippen molar-refractivity contribution in [2.24, 2.45) is 11.1 Å². The first kappa shape index (κ1) is 14.9. The Balaban J connectivity index is 2.25. The van der Waals surface area contributed by atoms with Gasteiger partial charge in [0.05, 0.1) is 12.0 Å². The molecule has 1 heterocycles. The van der Waals surface area contributed by atoms with E-state index in [9.17, 15) is 9.59 Å². The van der Waals surface area contributed by atoms with Crippen molar-refractivity contribution < 1.29 is 9.59 Å².